The minimum atomic E-state index is -0.0577. The summed E-state index contributed by atoms with van der Waals surface area (Å²) in [6, 6.07) is 9.74. The molecule has 0 aliphatic heterocycles. The number of amides is 1. The Morgan fingerprint density at radius 3 is 2.19 bits per heavy atom. The summed E-state index contributed by atoms with van der Waals surface area (Å²) < 4.78 is 11.6. The topological polar surface area (TPSA) is 47.6 Å². The van der Waals surface area contributed by atoms with Crippen molar-refractivity contribution in [3.05, 3.63) is 41.5 Å². The van der Waals surface area contributed by atoms with Crippen molar-refractivity contribution in [2.75, 3.05) is 12.4 Å². The van der Waals surface area contributed by atoms with Gasteiger partial charge in [0.1, 0.15) is 17.2 Å². The number of hydrogen-bond donors (Lipinski definition) is 1. The van der Waals surface area contributed by atoms with Crippen molar-refractivity contribution in [1.82, 2.24) is 0 Å². The van der Waals surface area contributed by atoms with Gasteiger partial charge in [-0.2, -0.15) is 0 Å². The van der Waals surface area contributed by atoms with E-state index in [9.17, 15) is 4.79 Å². The lowest BCUT2D eigenvalue weighted by molar-refractivity contribution is -0.118. The molecule has 5 heteroatoms. The van der Waals surface area contributed by atoms with Gasteiger partial charge in [0.05, 0.1) is 12.0 Å². The molecule has 4 nitrogen and oxygen atoms in total. The highest BCUT2D eigenvalue weighted by Gasteiger charge is 2.13. The van der Waals surface area contributed by atoms with Crippen LogP contribution in [0.15, 0.2) is 35.2 Å². The number of hydrogen-bond acceptors (Lipinski definition) is 4. The largest absolute Gasteiger partial charge is 0.496 e. The van der Waals surface area contributed by atoms with E-state index in [1.54, 1.807) is 18.9 Å². The molecule has 1 N–H and O–H groups in total. The highest BCUT2D eigenvalue weighted by Crippen LogP contribution is 2.38. The van der Waals surface area contributed by atoms with E-state index < -0.39 is 0 Å². The quantitative estimate of drug-likeness (QED) is 0.575. The Bertz CT molecular complexity index is 792. The average Bonchev–Trinajstić information content (AvgIpc) is 2.57. The van der Waals surface area contributed by atoms with Crippen LogP contribution in [0.2, 0.25) is 0 Å². The van der Waals surface area contributed by atoms with Crippen LogP contribution in [0.4, 0.5) is 5.69 Å². The zero-order chi connectivity index (χ0) is 20.1. The molecule has 0 aromatic heterocycles. The van der Waals surface area contributed by atoms with Crippen LogP contribution >= 0.6 is 11.8 Å². The molecule has 0 spiro atoms. The van der Waals surface area contributed by atoms with Gasteiger partial charge in [0, 0.05) is 16.9 Å². The van der Waals surface area contributed by atoms with Gasteiger partial charge >= 0.3 is 0 Å². The molecule has 0 heterocycles. The van der Waals surface area contributed by atoms with Crippen molar-refractivity contribution in [2.24, 2.45) is 5.92 Å². The Kier molecular flexibility index (Phi) is 7.19. The lowest BCUT2D eigenvalue weighted by Gasteiger charge is -2.17. The van der Waals surface area contributed by atoms with Crippen LogP contribution in [0.5, 0.6) is 17.2 Å². The number of carbonyl (C=O) groups excluding carboxylic acids is 1. The molecule has 27 heavy (non-hydrogen) atoms. The molecule has 0 aliphatic carbocycles. The Morgan fingerprint density at radius 1 is 1.04 bits per heavy atom. The molecule has 0 atom stereocenters. The first kappa shape index (κ1) is 21.2. The molecule has 0 saturated carbocycles. The molecule has 0 radical (unpaired) electrons. The number of rotatable bonds is 7. The number of anilines is 1. The number of benzene rings is 2. The highest BCUT2D eigenvalue weighted by atomic mass is 32.2. The molecular weight excluding hydrogens is 358 g/mol. The van der Waals surface area contributed by atoms with Gasteiger partial charge < -0.3 is 14.8 Å². The minimum Gasteiger partial charge on any atom is -0.496 e. The Hall–Kier alpha value is -2.14. The van der Waals surface area contributed by atoms with Crippen LogP contribution in [0.1, 0.15) is 38.8 Å². The zero-order valence-electron chi connectivity index (χ0n) is 17.2. The monoisotopic (exact) mass is 387 g/mol. The Labute approximate surface area is 166 Å². The van der Waals surface area contributed by atoms with E-state index in [0.717, 1.165) is 39.0 Å². The van der Waals surface area contributed by atoms with Crippen LogP contribution in [-0.2, 0) is 4.79 Å². The molecule has 0 unspecified atom stereocenters. The Morgan fingerprint density at radius 2 is 1.67 bits per heavy atom. The summed E-state index contributed by atoms with van der Waals surface area (Å²) >= 11 is 1.74. The normalized spacial score (nSPS) is 11.0. The van der Waals surface area contributed by atoms with Crippen LogP contribution in [0.25, 0.3) is 0 Å². The van der Waals surface area contributed by atoms with Gasteiger partial charge in [0.15, 0.2) is 0 Å². The van der Waals surface area contributed by atoms with Crippen molar-refractivity contribution in [1.29, 1.82) is 0 Å². The molecule has 0 aliphatic rings. The fraction of sp³-hybridized carbons (Fsp3) is 0.409. The summed E-state index contributed by atoms with van der Waals surface area (Å²) in [6.45, 7) is 12.0. The maximum Gasteiger partial charge on any atom is 0.226 e. The third-order valence-electron chi connectivity index (χ3n) is 3.97. The van der Waals surface area contributed by atoms with Crippen molar-refractivity contribution in [2.45, 2.75) is 51.7 Å². The number of methoxy groups -OCH3 is 1. The van der Waals surface area contributed by atoms with Crippen molar-refractivity contribution in [3.8, 4) is 17.2 Å². The molecule has 0 bridgehead atoms. The van der Waals surface area contributed by atoms with E-state index >= 15 is 0 Å². The predicted octanol–water partition coefficient (Wildman–Crippen LogP) is 6.20. The smallest absolute Gasteiger partial charge is 0.226 e. The second-order valence-corrected chi connectivity index (χ2v) is 8.78. The molecule has 0 saturated heterocycles. The summed E-state index contributed by atoms with van der Waals surface area (Å²) in [5.41, 5.74) is 2.74. The summed E-state index contributed by atoms with van der Waals surface area (Å²) in [7, 11) is 1.68. The minimum absolute atomic E-state index is 0.00738. The molecular formula is C22H29NO3S. The fourth-order valence-corrected chi connectivity index (χ4v) is 3.61. The third kappa shape index (κ3) is 5.67. The average molecular weight is 388 g/mol. The molecule has 1 amide bonds. The standard InChI is InChI=1S/C22H29NO3S/c1-13(2)22(24)23-17-10-15(5)21(16(6)11-17)26-18-8-9-19(25-7)20(12-18)27-14(3)4/h8-14H,1-7H3,(H,23,24). The third-order valence-corrected chi connectivity index (χ3v) is 5.01. The van der Waals surface area contributed by atoms with Gasteiger partial charge in [-0.25, -0.2) is 0 Å². The van der Waals surface area contributed by atoms with E-state index in [1.165, 1.54) is 0 Å². The van der Waals surface area contributed by atoms with Gasteiger partial charge in [0.2, 0.25) is 5.91 Å². The van der Waals surface area contributed by atoms with E-state index in [4.69, 9.17) is 9.47 Å². The predicted molar refractivity (Wildman–Crippen MR) is 113 cm³/mol. The lowest BCUT2D eigenvalue weighted by atomic mass is 10.1. The van der Waals surface area contributed by atoms with E-state index in [1.807, 2.05) is 58.0 Å². The highest BCUT2D eigenvalue weighted by molar-refractivity contribution is 8.00. The van der Waals surface area contributed by atoms with E-state index in [-0.39, 0.29) is 11.8 Å². The lowest BCUT2D eigenvalue weighted by Crippen LogP contribution is -2.17. The first-order valence-corrected chi connectivity index (χ1v) is 10.0. The maximum atomic E-state index is 11.9. The Balaban J connectivity index is 2.28. The second kappa shape index (κ2) is 9.18. The van der Waals surface area contributed by atoms with Gasteiger partial charge in [-0.05, 0) is 55.3 Å². The van der Waals surface area contributed by atoms with E-state index in [0.29, 0.717) is 5.25 Å². The SMILES string of the molecule is COc1ccc(Oc2c(C)cc(NC(=O)C(C)C)cc2C)cc1SC(C)C. The fourth-order valence-electron chi connectivity index (χ4n) is 2.65. The molecule has 146 valence electrons. The first-order chi connectivity index (χ1) is 12.7. The molecule has 2 aromatic rings. The van der Waals surface area contributed by atoms with Gasteiger partial charge in [-0.1, -0.05) is 27.7 Å². The van der Waals surface area contributed by atoms with Crippen LogP contribution in [0.3, 0.4) is 0 Å². The van der Waals surface area contributed by atoms with Crippen LogP contribution in [-0.4, -0.2) is 18.3 Å². The van der Waals surface area contributed by atoms with Gasteiger partial charge in [0.25, 0.3) is 0 Å². The number of thioether (sulfide) groups is 1. The molecule has 2 aromatic carbocycles. The second-order valence-electron chi connectivity index (χ2n) is 7.16. The van der Waals surface area contributed by atoms with Crippen LogP contribution < -0.4 is 14.8 Å². The summed E-state index contributed by atoms with van der Waals surface area (Å²) in [4.78, 5) is 13.0. The molecule has 0 fully saturated rings. The summed E-state index contributed by atoms with van der Waals surface area (Å²) in [6.07, 6.45) is 0. The van der Waals surface area contributed by atoms with Crippen molar-refractivity contribution in [3.63, 3.8) is 0 Å². The van der Waals surface area contributed by atoms with Crippen molar-refractivity contribution >= 4 is 23.4 Å². The van der Waals surface area contributed by atoms with Gasteiger partial charge in [-0.3, -0.25) is 4.79 Å². The van der Waals surface area contributed by atoms with Crippen LogP contribution in [0, 0.1) is 19.8 Å². The maximum absolute atomic E-state index is 11.9. The first-order valence-electron chi connectivity index (χ1n) is 9.16. The summed E-state index contributed by atoms with van der Waals surface area (Å²) in [5, 5.41) is 3.39. The molecule has 2 rings (SSSR count). The number of nitrogens with one attached hydrogen (secondary N) is 1. The van der Waals surface area contributed by atoms with E-state index in [2.05, 4.69) is 19.2 Å². The zero-order valence-corrected chi connectivity index (χ0v) is 18.0. The van der Waals surface area contributed by atoms with Crippen molar-refractivity contribution < 1.29 is 14.3 Å². The number of aryl methyl sites for hydroxylation is 2. The summed E-state index contributed by atoms with van der Waals surface area (Å²) in [5.74, 6) is 2.37. The van der Waals surface area contributed by atoms with Gasteiger partial charge in [-0.15, -0.1) is 11.8 Å². The number of carbonyl (C=O) groups is 1. The number of ether oxygens (including phenoxy) is 2.